The lowest BCUT2D eigenvalue weighted by Crippen LogP contribution is -2.46. The molecule has 0 aliphatic carbocycles. The second kappa shape index (κ2) is 10.6. The Balaban J connectivity index is 1.76. The summed E-state index contributed by atoms with van der Waals surface area (Å²) in [7, 11) is 0. The molecule has 0 aromatic heterocycles. The average Bonchev–Trinajstić information content (AvgIpc) is 2.68. The van der Waals surface area contributed by atoms with Gasteiger partial charge in [0.2, 0.25) is 17.7 Å². The van der Waals surface area contributed by atoms with E-state index < -0.39 is 0 Å². The number of amides is 3. The van der Waals surface area contributed by atoms with Crippen LogP contribution in [0.4, 0.5) is 4.39 Å². The number of benzene rings is 1. The molecule has 1 fully saturated rings. The van der Waals surface area contributed by atoms with Gasteiger partial charge in [-0.3, -0.25) is 14.4 Å². The van der Waals surface area contributed by atoms with Gasteiger partial charge in [-0.1, -0.05) is 19.1 Å². The van der Waals surface area contributed by atoms with Gasteiger partial charge in [-0.05, 0) is 37.0 Å². The first-order chi connectivity index (χ1) is 13.0. The molecule has 27 heavy (non-hydrogen) atoms. The fourth-order valence-electron chi connectivity index (χ4n) is 3.10. The smallest absolute Gasteiger partial charge is 0.227 e. The summed E-state index contributed by atoms with van der Waals surface area (Å²) < 4.78 is 13.0. The molecule has 1 atom stereocenters. The van der Waals surface area contributed by atoms with E-state index in [1.165, 1.54) is 12.1 Å². The minimum atomic E-state index is -0.329. The molecule has 1 aromatic carbocycles. The van der Waals surface area contributed by atoms with Gasteiger partial charge in [0.15, 0.2) is 0 Å². The maximum absolute atomic E-state index is 13.0. The zero-order chi connectivity index (χ0) is 19.6. The Labute approximate surface area is 159 Å². The molecule has 7 heteroatoms. The SMILES string of the molecule is CCCNC(=O)CCNC(=O)C1CCCN(C(=O)Cc2ccc(F)cc2)C1. The molecule has 1 aliphatic rings. The third-order valence-corrected chi connectivity index (χ3v) is 4.64. The van der Waals surface area contributed by atoms with Gasteiger partial charge in [-0.15, -0.1) is 0 Å². The quantitative estimate of drug-likeness (QED) is 0.723. The van der Waals surface area contributed by atoms with Gasteiger partial charge in [0.1, 0.15) is 5.82 Å². The number of hydrogen-bond acceptors (Lipinski definition) is 3. The van der Waals surface area contributed by atoms with Gasteiger partial charge >= 0.3 is 0 Å². The largest absolute Gasteiger partial charge is 0.356 e. The molecule has 1 aliphatic heterocycles. The second-order valence-electron chi connectivity index (χ2n) is 6.87. The molecule has 6 nitrogen and oxygen atoms in total. The summed E-state index contributed by atoms with van der Waals surface area (Å²) in [4.78, 5) is 38.1. The molecule has 148 valence electrons. The summed E-state index contributed by atoms with van der Waals surface area (Å²) in [5.41, 5.74) is 0.756. The fraction of sp³-hybridized carbons (Fsp3) is 0.550. The van der Waals surface area contributed by atoms with Crippen LogP contribution in [0.25, 0.3) is 0 Å². The van der Waals surface area contributed by atoms with Crippen molar-refractivity contribution in [2.24, 2.45) is 5.92 Å². The summed E-state index contributed by atoms with van der Waals surface area (Å²) in [5.74, 6) is -0.827. The highest BCUT2D eigenvalue weighted by Gasteiger charge is 2.28. The molecular formula is C20H28FN3O3. The van der Waals surface area contributed by atoms with Crippen molar-refractivity contribution in [3.63, 3.8) is 0 Å². The van der Waals surface area contributed by atoms with Crippen molar-refractivity contribution in [3.05, 3.63) is 35.6 Å². The Bertz CT molecular complexity index is 648. The van der Waals surface area contributed by atoms with Crippen molar-refractivity contribution in [2.75, 3.05) is 26.2 Å². The van der Waals surface area contributed by atoms with Gasteiger partial charge in [0.05, 0.1) is 12.3 Å². The predicted octanol–water partition coefficient (Wildman–Crippen LogP) is 1.64. The molecule has 1 unspecified atom stereocenters. The van der Waals surface area contributed by atoms with Crippen LogP contribution in [0.1, 0.15) is 38.2 Å². The van der Waals surface area contributed by atoms with Crippen molar-refractivity contribution in [2.45, 2.75) is 39.0 Å². The number of hydrogen-bond donors (Lipinski definition) is 2. The Hall–Kier alpha value is -2.44. The number of likely N-dealkylation sites (tertiary alicyclic amines) is 1. The summed E-state index contributed by atoms with van der Waals surface area (Å²) in [6.07, 6.45) is 2.83. The Morgan fingerprint density at radius 3 is 2.59 bits per heavy atom. The molecule has 2 rings (SSSR count). The molecule has 0 bridgehead atoms. The zero-order valence-corrected chi connectivity index (χ0v) is 15.8. The number of nitrogens with one attached hydrogen (secondary N) is 2. The second-order valence-corrected chi connectivity index (χ2v) is 6.87. The van der Waals surface area contributed by atoms with E-state index in [4.69, 9.17) is 0 Å². The normalized spacial score (nSPS) is 16.7. The van der Waals surface area contributed by atoms with E-state index in [1.54, 1.807) is 17.0 Å². The highest BCUT2D eigenvalue weighted by Crippen LogP contribution is 2.18. The third kappa shape index (κ3) is 7.00. The van der Waals surface area contributed by atoms with Crippen LogP contribution in [-0.4, -0.2) is 48.8 Å². The number of piperidine rings is 1. The first-order valence-electron chi connectivity index (χ1n) is 9.56. The number of halogens is 1. The molecule has 2 N–H and O–H groups in total. The monoisotopic (exact) mass is 377 g/mol. The van der Waals surface area contributed by atoms with Crippen molar-refractivity contribution < 1.29 is 18.8 Å². The summed E-state index contributed by atoms with van der Waals surface area (Å²) in [5, 5.41) is 5.56. The zero-order valence-electron chi connectivity index (χ0n) is 15.8. The Kier molecular flexibility index (Phi) is 8.23. The van der Waals surface area contributed by atoms with Gasteiger partial charge < -0.3 is 15.5 Å². The molecule has 0 radical (unpaired) electrons. The predicted molar refractivity (Wildman–Crippen MR) is 100 cm³/mol. The third-order valence-electron chi connectivity index (χ3n) is 4.64. The molecule has 1 aromatic rings. The van der Waals surface area contributed by atoms with Crippen LogP contribution in [-0.2, 0) is 20.8 Å². The maximum atomic E-state index is 13.0. The van der Waals surface area contributed by atoms with Gasteiger partial charge in [-0.2, -0.15) is 0 Å². The molecule has 0 spiro atoms. The van der Waals surface area contributed by atoms with Crippen molar-refractivity contribution in [3.8, 4) is 0 Å². The van der Waals surface area contributed by atoms with E-state index in [2.05, 4.69) is 10.6 Å². The van der Waals surface area contributed by atoms with Crippen LogP contribution < -0.4 is 10.6 Å². The molecule has 1 heterocycles. The van der Waals surface area contributed by atoms with E-state index in [1.807, 2.05) is 6.92 Å². The minimum Gasteiger partial charge on any atom is -0.356 e. The van der Waals surface area contributed by atoms with Gasteiger partial charge in [0, 0.05) is 32.6 Å². The maximum Gasteiger partial charge on any atom is 0.227 e. The first-order valence-corrected chi connectivity index (χ1v) is 9.56. The molecule has 3 amide bonds. The van der Waals surface area contributed by atoms with E-state index in [0.717, 1.165) is 24.8 Å². The molecule has 0 saturated carbocycles. The average molecular weight is 377 g/mol. The fourth-order valence-corrected chi connectivity index (χ4v) is 3.10. The Morgan fingerprint density at radius 2 is 1.89 bits per heavy atom. The lowest BCUT2D eigenvalue weighted by atomic mass is 9.96. The highest BCUT2D eigenvalue weighted by atomic mass is 19.1. The molecular weight excluding hydrogens is 349 g/mol. The topological polar surface area (TPSA) is 78.5 Å². The lowest BCUT2D eigenvalue weighted by Gasteiger charge is -2.32. The minimum absolute atomic E-state index is 0.0574. The lowest BCUT2D eigenvalue weighted by molar-refractivity contribution is -0.135. The van der Waals surface area contributed by atoms with E-state index >= 15 is 0 Å². The van der Waals surface area contributed by atoms with Crippen LogP contribution in [0.15, 0.2) is 24.3 Å². The van der Waals surface area contributed by atoms with Crippen molar-refractivity contribution in [1.82, 2.24) is 15.5 Å². The highest BCUT2D eigenvalue weighted by molar-refractivity contribution is 5.83. The number of rotatable bonds is 8. The van der Waals surface area contributed by atoms with E-state index in [9.17, 15) is 18.8 Å². The summed E-state index contributed by atoms with van der Waals surface area (Å²) in [6, 6.07) is 5.88. The van der Waals surface area contributed by atoms with Crippen molar-refractivity contribution >= 4 is 17.7 Å². The van der Waals surface area contributed by atoms with Gasteiger partial charge in [0.25, 0.3) is 0 Å². The van der Waals surface area contributed by atoms with Crippen LogP contribution in [0.5, 0.6) is 0 Å². The number of nitrogens with zero attached hydrogens (tertiary/aromatic N) is 1. The van der Waals surface area contributed by atoms with E-state index in [0.29, 0.717) is 26.2 Å². The summed E-state index contributed by atoms with van der Waals surface area (Å²) >= 11 is 0. The summed E-state index contributed by atoms with van der Waals surface area (Å²) in [6.45, 7) is 3.93. The van der Waals surface area contributed by atoms with Crippen LogP contribution >= 0.6 is 0 Å². The van der Waals surface area contributed by atoms with Crippen LogP contribution in [0.2, 0.25) is 0 Å². The van der Waals surface area contributed by atoms with Crippen LogP contribution in [0.3, 0.4) is 0 Å². The van der Waals surface area contributed by atoms with Gasteiger partial charge in [-0.25, -0.2) is 4.39 Å². The number of carbonyl (C=O) groups excluding carboxylic acids is 3. The standard InChI is InChI=1S/C20H28FN3O3/c1-2-10-22-18(25)9-11-23-20(27)16-4-3-12-24(14-16)19(26)13-15-5-7-17(21)8-6-15/h5-8,16H,2-4,9-14H2,1H3,(H,22,25)(H,23,27). The number of carbonyl (C=O) groups is 3. The van der Waals surface area contributed by atoms with Crippen LogP contribution in [0, 0.1) is 11.7 Å². The first kappa shape index (κ1) is 20.9. The van der Waals surface area contributed by atoms with E-state index in [-0.39, 0.29) is 42.3 Å². The Morgan fingerprint density at radius 1 is 1.15 bits per heavy atom. The molecule has 1 saturated heterocycles. The van der Waals surface area contributed by atoms with Crippen molar-refractivity contribution in [1.29, 1.82) is 0 Å².